The molecule has 5 heteroatoms. The fourth-order valence-electron chi connectivity index (χ4n) is 1.18. The Bertz CT molecular complexity index is 318. The van der Waals surface area contributed by atoms with Crippen molar-refractivity contribution >= 4 is 16.9 Å². The molecule has 1 aromatic heterocycles. The minimum Gasteiger partial charge on any atom is -0.361 e. The average molecular weight is 196 g/mol. The zero-order valence-electron chi connectivity index (χ0n) is 7.53. The highest BCUT2D eigenvalue weighted by atomic mass is 32.2. The first kappa shape index (κ1) is 8.62. The predicted molar refractivity (Wildman–Crippen MR) is 54.8 cm³/mol. The lowest BCUT2D eigenvalue weighted by atomic mass is 10.4. The first-order valence-corrected chi connectivity index (χ1v) is 5.22. The third-order valence-electron chi connectivity index (χ3n) is 1.79. The zero-order valence-corrected chi connectivity index (χ0v) is 8.34. The number of amidine groups is 1. The molecule has 0 amide bonds. The van der Waals surface area contributed by atoms with Crippen LogP contribution in [0.2, 0.25) is 0 Å². The number of aromatic nitrogens is 2. The molecule has 70 valence electrons. The predicted octanol–water partition coefficient (Wildman–Crippen LogP) is 0.612. The van der Waals surface area contributed by atoms with E-state index >= 15 is 0 Å². The van der Waals surface area contributed by atoms with Crippen LogP contribution in [0.5, 0.6) is 0 Å². The number of aryl methyl sites for hydroxylation is 1. The van der Waals surface area contributed by atoms with Gasteiger partial charge in [0.1, 0.15) is 0 Å². The SMILES string of the molecule is Cn1cc(CNC2=NCCS2)cn1. The molecule has 0 bridgehead atoms. The lowest BCUT2D eigenvalue weighted by molar-refractivity contribution is 0.766. The van der Waals surface area contributed by atoms with Crippen molar-refractivity contribution in [3.63, 3.8) is 0 Å². The Morgan fingerprint density at radius 3 is 3.23 bits per heavy atom. The van der Waals surface area contributed by atoms with E-state index in [1.54, 1.807) is 16.4 Å². The third-order valence-corrected chi connectivity index (χ3v) is 2.72. The van der Waals surface area contributed by atoms with Crippen LogP contribution >= 0.6 is 11.8 Å². The van der Waals surface area contributed by atoms with Crippen LogP contribution in [-0.4, -0.2) is 27.2 Å². The van der Waals surface area contributed by atoms with Gasteiger partial charge in [-0.05, 0) is 0 Å². The number of hydrogen-bond acceptors (Lipinski definition) is 4. The summed E-state index contributed by atoms with van der Waals surface area (Å²) in [5.41, 5.74) is 1.19. The van der Waals surface area contributed by atoms with Crippen molar-refractivity contribution in [2.24, 2.45) is 12.0 Å². The van der Waals surface area contributed by atoms with Crippen LogP contribution < -0.4 is 5.32 Å². The summed E-state index contributed by atoms with van der Waals surface area (Å²) in [6.45, 7) is 1.76. The summed E-state index contributed by atoms with van der Waals surface area (Å²) in [5, 5.41) is 8.42. The molecule has 1 N–H and O–H groups in total. The molecule has 2 rings (SSSR count). The molecule has 0 aromatic carbocycles. The van der Waals surface area contributed by atoms with E-state index in [0.717, 1.165) is 24.0 Å². The molecule has 2 heterocycles. The monoisotopic (exact) mass is 196 g/mol. The van der Waals surface area contributed by atoms with Crippen molar-refractivity contribution in [1.29, 1.82) is 0 Å². The summed E-state index contributed by atoms with van der Waals surface area (Å²) in [6.07, 6.45) is 3.88. The Balaban J connectivity index is 1.85. The summed E-state index contributed by atoms with van der Waals surface area (Å²) >= 11 is 1.78. The molecule has 0 saturated heterocycles. The first-order chi connectivity index (χ1) is 6.34. The average Bonchev–Trinajstić information content (AvgIpc) is 2.71. The van der Waals surface area contributed by atoms with Crippen LogP contribution in [0.3, 0.4) is 0 Å². The second-order valence-electron chi connectivity index (χ2n) is 2.91. The second kappa shape index (κ2) is 3.83. The molecule has 13 heavy (non-hydrogen) atoms. The Morgan fingerprint density at radius 1 is 1.69 bits per heavy atom. The Labute approximate surface area is 81.4 Å². The molecule has 0 aliphatic carbocycles. The first-order valence-electron chi connectivity index (χ1n) is 4.23. The van der Waals surface area contributed by atoms with Gasteiger partial charge in [0.05, 0.1) is 12.7 Å². The maximum atomic E-state index is 4.30. The number of hydrogen-bond donors (Lipinski definition) is 1. The number of nitrogens with one attached hydrogen (secondary N) is 1. The quantitative estimate of drug-likeness (QED) is 0.753. The molecule has 1 aliphatic rings. The molecule has 0 radical (unpaired) electrons. The van der Waals surface area contributed by atoms with Gasteiger partial charge in [0.2, 0.25) is 0 Å². The van der Waals surface area contributed by atoms with Gasteiger partial charge in [0.25, 0.3) is 0 Å². The van der Waals surface area contributed by atoms with Crippen LogP contribution in [0.25, 0.3) is 0 Å². The molecule has 0 saturated carbocycles. The van der Waals surface area contributed by atoms with E-state index in [2.05, 4.69) is 15.4 Å². The molecule has 1 aromatic rings. The van der Waals surface area contributed by atoms with Crippen LogP contribution in [-0.2, 0) is 13.6 Å². The minimum absolute atomic E-state index is 0.819. The van der Waals surface area contributed by atoms with Gasteiger partial charge in [-0.2, -0.15) is 5.10 Å². The van der Waals surface area contributed by atoms with Crippen LogP contribution in [0.1, 0.15) is 5.56 Å². The largest absolute Gasteiger partial charge is 0.361 e. The van der Waals surface area contributed by atoms with E-state index in [0.29, 0.717) is 0 Å². The standard InChI is InChI=1S/C8H12N4S/c1-12-6-7(5-11-12)4-10-8-9-2-3-13-8/h5-6H,2-4H2,1H3,(H,9,10). The van der Waals surface area contributed by atoms with Gasteiger partial charge < -0.3 is 5.32 Å². The molecular formula is C8H12N4S. The fraction of sp³-hybridized carbons (Fsp3) is 0.500. The molecule has 0 atom stereocenters. The van der Waals surface area contributed by atoms with E-state index in [1.165, 1.54) is 5.56 Å². The summed E-state index contributed by atoms with van der Waals surface area (Å²) in [7, 11) is 1.92. The van der Waals surface area contributed by atoms with Crippen molar-refractivity contribution in [3.05, 3.63) is 18.0 Å². The molecule has 0 fully saturated rings. The summed E-state index contributed by atoms with van der Waals surface area (Å²) in [6, 6.07) is 0. The highest BCUT2D eigenvalue weighted by Gasteiger charge is 2.05. The smallest absolute Gasteiger partial charge is 0.156 e. The molecular weight excluding hydrogens is 184 g/mol. The van der Waals surface area contributed by atoms with Gasteiger partial charge >= 0.3 is 0 Å². The van der Waals surface area contributed by atoms with Crippen molar-refractivity contribution in [1.82, 2.24) is 15.1 Å². The fourth-order valence-corrected chi connectivity index (χ4v) is 1.92. The van der Waals surface area contributed by atoms with E-state index in [4.69, 9.17) is 0 Å². The van der Waals surface area contributed by atoms with Crippen molar-refractivity contribution in [3.8, 4) is 0 Å². The van der Waals surface area contributed by atoms with Gasteiger partial charge in [0.15, 0.2) is 5.17 Å². The summed E-state index contributed by atoms with van der Waals surface area (Å²) < 4.78 is 1.81. The topological polar surface area (TPSA) is 42.2 Å². The van der Waals surface area contributed by atoms with Crippen molar-refractivity contribution < 1.29 is 0 Å². The van der Waals surface area contributed by atoms with Crippen molar-refractivity contribution in [2.75, 3.05) is 12.3 Å². The minimum atomic E-state index is 0.819. The Kier molecular flexibility index (Phi) is 2.54. The summed E-state index contributed by atoms with van der Waals surface area (Å²) in [5.74, 6) is 1.11. The van der Waals surface area contributed by atoms with E-state index in [1.807, 2.05) is 19.4 Å². The van der Waals surface area contributed by atoms with Crippen molar-refractivity contribution in [2.45, 2.75) is 6.54 Å². The lowest BCUT2D eigenvalue weighted by Crippen LogP contribution is -2.17. The highest BCUT2D eigenvalue weighted by molar-refractivity contribution is 8.14. The number of aliphatic imine (C=N–C) groups is 1. The van der Waals surface area contributed by atoms with E-state index in [-0.39, 0.29) is 0 Å². The third kappa shape index (κ3) is 2.24. The highest BCUT2D eigenvalue weighted by Crippen LogP contribution is 2.09. The van der Waals surface area contributed by atoms with Crippen LogP contribution in [0, 0.1) is 0 Å². The Morgan fingerprint density at radius 2 is 2.62 bits per heavy atom. The van der Waals surface area contributed by atoms with Crippen LogP contribution in [0.15, 0.2) is 17.4 Å². The normalized spacial score (nSPS) is 15.9. The van der Waals surface area contributed by atoms with Gasteiger partial charge in [-0.3, -0.25) is 9.67 Å². The van der Waals surface area contributed by atoms with Crippen LogP contribution in [0.4, 0.5) is 0 Å². The zero-order chi connectivity index (χ0) is 9.10. The number of thioether (sulfide) groups is 1. The molecule has 0 spiro atoms. The van der Waals surface area contributed by atoms with Gasteiger partial charge in [-0.1, -0.05) is 11.8 Å². The maximum absolute atomic E-state index is 4.30. The van der Waals surface area contributed by atoms with Gasteiger partial charge in [-0.15, -0.1) is 0 Å². The lowest BCUT2D eigenvalue weighted by Gasteiger charge is -2.01. The summed E-state index contributed by atoms with van der Waals surface area (Å²) in [4.78, 5) is 4.30. The molecule has 1 aliphatic heterocycles. The maximum Gasteiger partial charge on any atom is 0.156 e. The van der Waals surface area contributed by atoms with E-state index < -0.39 is 0 Å². The molecule has 0 unspecified atom stereocenters. The number of rotatable bonds is 2. The molecule has 4 nitrogen and oxygen atoms in total. The van der Waals surface area contributed by atoms with Gasteiger partial charge in [-0.25, -0.2) is 0 Å². The number of nitrogens with zero attached hydrogens (tertiary/aromatic N) is 3. The van der Waals surface area contributed by atoms with E-state index in [9.17, 15) is 0 Å². The van der Waals surface area contributed by atoms with Gasteiger partial charge in [0, 0.05) is 31.1 Å². The second-order valence-corrected chi connectivity index (χ2v) is 3.99. The Hall–Kier alpha value is -0.970.